The molecule has 0 fully saturated rings. The average Bonchev–Trinajstić information content (AvgIpc) is 3.21. The lowest BCUT2D eigenvalue weighted by atomic mass is 9.63. The van der Waals surface area contributed by atoms with Gasteiger partial charge in [0, 0.05) is 28.5 Å². The fourth-order valence-electron chi connectivity index (χ4n) is 6.09. The monoisotopic (exact) mass is 460 g/mol. The first kappa shape index (κ1) is 22.1. The summed E-state index contributed by atoms with van der Waals surface area (Å²) in [4.78, 5) is 0. The number of pyridine rings is 1. The van der Waals surface area contributed by atoms with Crippen molar-refractivity contribution in [2.75, 3.05) is 0 Å². The van der Waals surface area contributed by atoms with Gasteiger partial charge in [-0.05, 0) is 65.0 Å². The lowest BCUT2D eigenvalue weighted by Gasteiger charge is -2.42. The molecule has 0 radical (unpaired) electrons. The third kappa shape index (κ3) is 3.34. The molecule has 176 valence electrons. The number of nitrogens with zero attached hydrogens (tertiary/aromatic N) is 1. The Morgan fingerprint density at radius 3 is 2.34 bits per heavy atom. The van der Waals surface area contributed by atoms with E-state index in [1.165, 1.54) is 62.7 Å². The summed E-state index contributed by atoms with van der Waals surface area (Å²) >= 11 is 0. The summed E-state index contributed by atoms with van der Waals surface area (Å²) in [6.45, 7) is 11.7. The van der Waals surface area contributed by atoms with Crippen LogP contribution in [0.2, 0.25) is 0 Å². The van der Waals surface area contributed by atoms with Crippen molar-refractivity contribution in [2.45, 2.75) is 58.3 Å². The highest BCUT2D eigenvalue weighted by Gasteiger charge is 2.37. The highest BCUT2D eigenvalue weighted by atomic mass is 16.3. The molecule has 35 heavy (non-hydrogen) atoms. The van der Waals surface area contributed by atoms with Gasteiger partial charge < -0.3 is 4.42 Å². The smallest absolute Gasteiger partial charge is 0.213 e. The molecule has 5 aromatic rings. The number of fused-ring (bicyclic) bond motifs is 4. The van der Waals surface area contributed by atoms with E-state index in [0.717, 1.165) is 11.2 Å². The zero-order valence-corrected chi connectivity index (χ0v) is 21.7. The Hall–Kier alpha value is -3.39. The SMILES string of the molecule is Cc1ccc2oc3c(-c4ccc5c(c4)C(C)(C)CCC5(C)C)cccc3c2c1-c1cccc[n+]1C. The zero-order chi connectivity index (χ0) is 24.5. The quantitative estimate of drug-likeness (QED) is 0.242. The Bertz CT molecular complexity index is 1620. The van der Waals surface area contributed by atoms with Crippen LogP contribution in [0.25, 0.3) is 44.3 Å². The fraction of sp³-hybridized carbons (Fsp3) is 0.303. The summed E-state index contributed by atoms with van der Waals surface area (Å²) in [6, 6.07) is 24.4. The first-order valence-electron chi connectivity index (χ1n) is 12.7. The van der Waals surface area contributed by atoms with Crippen molar-refractivity contribution in [1.82, 2.24) is 0 Å². The predicted octanol–water partition coefficient (Wildman–Crippen LogP) is 8.40. The van der Waals surface area contributed by atoms with Gasteiger partial charge in [-0.3, -0.25) is 0 Å². The minimum absolute atomic E-state index is 0.176. The first-order valence-corrected chi connectivity index (χ1v) is 12.7. The standard InChI is InChI=1S/C33H34NO/c1-21-13-16-28-30(29(21)27-12-7-8-19-34(27)6)24-11-9-10-23(31(24)35-28)22-14-15-25-26(20-22)33(4,5)18-17-32(25,2)3/h7-16,19-20H,17-18H2,1-6H3/q+1. The summed E-state index contributed by atoms with van der Waals surface area (Å²) in [7, 11) is 2.11. The number of para-hydroxylation sites is 1. The molecule has 0 bridgehead atoms. The molecule has 1 aliphatic rings. The summed E-state index contributed by atoms with van der Waals surface area (Å²) in [5, 5.41) is 2.38. The summed E-state index contributed by atoms with van der Waals surface area (Å²) < 4.78 is 8.81. The molecule has 0 atom stereocenters. The highest BCUT2D eigenvalue weighted by Crippen LogP contribution is 2.48. The first-order chi connectivity index (χ1) is 16.7. The lowest BCUT2D eigenvalue weighted by Crippen LogP contribution is -2.33. The van der Waals surface area contributed by atoms with Crippen LogP contribution >= 0.6 is 0 Å². The van der Waals surface area contributed by atoms with E-state index in [1.54, 1.807) is 0 Å². The number of hydrogen-bond acceptors (Lipinski definition) is 1. The molecule has 2 aromatic heterocycles. The summed E-state index contributed by atoms with van der Waals surface area (Å²) in [5.74, 6) is 0. The van der Waals surface area contributed by atoms with Crippen LogP contribution in [-0.2, 0) is 17.9 Å². The molecule has 2 nitrogen and oxygen atoms in total. The Morgan fingerprint density at radius 2 is 1.57 bits per heavy atom. The van der Waals surface area contributed by atoms with Crippen LogP contribution in [0.5, 0.6) is 0 Å². The van der Waals surface area contributed by atoms with Crippen LogP contribution in [0, 0.1) is 6.92 Å². The van der Waals surface area contributed by atoms with Crippen LogP contribution in [-0.4, -0.2) is 0 Å². The maximum absolute atomic E-state index is 6.62. The third-order valence-corrected chi connectivity index (χ3v) is 8.35. The van der Waals surface area contributed by atoms with E-state index >= 15 is 0 Å². The van der Waals surface area contributed by atoms with Gasteiger partial charge >= 0.3 is 0 Å². The minimum Gasteiger partial charge on any atom is -0.455 e. The van der Waals surface area contributed by atoms with Gasteiger partial charge in [0.05, 0.1) is 5.56 Å². The van der Waals surface area contributed by atoms with Gasteiger partial charge in [-0.2, -0.15) is 0 Å². The maximum Gasteiger partial charge on any atom is 0.213 e. The number of rotatable bonds is 2. The van der Waals surface area contributed by atoms with Crippen LogP contribution in [0.3, 0.4) is 0 Å². The number of benzene rings is 3. The molecule has 3 aromatic carbocycles. The number of aromatic nitrogens is 1. The van der Waals surface area contributed by atoms with Crippen molar-refractivity contribution >= 4 is 21.9 Å². The molecule has 1 aliphatic carbocycles. The second kappa shape index (κ2) is 7.55. The van der Waals surface area contributed by atoms with Crippen LogP contribution < -0.4 is 4.57 Å². The Kier molecular flexibility index (Phi) is 4.77. The van der Waals surface area contributed by atoms with E-state index in [0.29, 0.717) is 0 Å². The highest BCUT2D eigenvalue weighted by molar-refractivity contribution is 6.15. The molecule has 0 saturated heterocycles. The van der Waals surface area contributed by atoms with Gasteiger partial charge in [0.25, 0.3) is 0 Å². The lowest BCUT2D eigenvalue weighted by molar-refractivity contribution is -0.660. The molecule has 0 amide bonds. The number of hydrogen-bond donors (Lipinski definition) is 0. The van der Waals surface area contributed by atoms with Gasteiger partial charge in [-0.1, -0.05) is 70.2 Å². The van der Waals surface area contributed by atoms with E-state index in [1.807, 2.05) is 0 Å². The van der Waals surface area contributed by atoms with Crippen molar-refractivity contribution in [3.63, 3.8) is 0 Å². The largest absolute Gasteiger partial charge is 0.455 e. The molecule has 0 N–H and O–H groups in total. The van der Waals surface area contributed by atoms with Crippen molar-refractivity contribution in [3.05, 3.63) is 89.6 Å². The second-order valence-electron chi connectivity index (χ2n) is 11.6. The number of aryl methyl sites for hydroxylation is 2. The van der Waals surface area contributed by atoms with Crippen LogP contribution in [0.15, 0.2) is 77.3 Å². The summed E-state index contributed by atoms with van der Waals surface area (Å²) in [5.41, 5.74) is 11.4. The van der Waals surface area contributed by atoms with Gasteiger partial charge in [-0.15, -0.1) is 0 Å². The molecular formula is C33H34NO+. The van der Waals surface area contributed by atoms with E-state index in [-0.39, 0.29) is 10.8 Å². The molecule has 0 saturated carbocycles. The zero-order valence-electron chi connectivity index (χ0n) is 21.7. The van der Waals surface area contributed by atoms with Crippen molar-refractivity contribution in [1.29, 1.82) is 0 Å². The molecule has 2 heterocycles. The summed E-state index contributed by atoms with van der Waals surface area (Å²) in [6.07, 6.45) is 4.55. The fourth-order valence-corrected chi connectivity index (χ4v) is 6.09. The maximum atomic E-state index is 6.62. The van der Waals surface area contributed by atoms with Crippen LogP contribution in [0.4, 0.5) is 0 Å². The van der Waals surface area contributed by atoms with Crippen LogP contribution in [0.1, 0.15) is 57.2 Å². The van der Waals surface area contributed by atoms with Gasteiger partial charge in [-0.25, -0.2) is 4.57 Å². The molecular weight excluding hydrogens is 426 g/mol. The minimum atomic E-state index is 0.176. The van der Waals surface area contributed by atoms with Crippen molar-refractivity contribution < 1.29 is 8.98 Å². The van der Waals surface area contributed by atoms with Gasteiger partial charge in [0.2, 0.25) is 5.69 Å². The topological polar surface area (TPSA) is 17.0 Å². The average molecular weight is 461 g/mol. The molecule has 0 spiro atoms. The van der Waals surface area contributed by atoms with E-state index in [2.05, 4.69) is 119 Å². The molecule has 6 rings (SSSR count). The van der Waals surface area contributed by atoms with Gasteiger partial charge in [0.15, 0.2) is 6.20 Å². The molecule has 2 heteroatoms. The normalized spacial score (nSPS) is 16.5. The molecule has 0 aliphatic heterocycles. The van der Waals surface area contributed by atoms with E-state index in [4.69, 9.17) is 4.42 Å². The Morgan fingerprint density at radius 1 is 0.800 bits per heavy atom. The van der Waals surface area contributed by atoms with Gasteiger partial charge in [0.1, 0.15) is 18.2 Å². The molecule has 0 unspecified atom stereocenters. The van der Waals surface area contributed by atoms with E-state index < -0.39 is 0 Å². The second-order valence-corrected chi connectivity index (χ2v) is 11.6. The number of furan rings is 1. The predicted molar refractivity (Wildman–Crippen MR) is 146 cm³/mol. The van der Waals surface area contributed by atoms with E-state index in [9.17, 15) is 0 Å². The Balaban J connectivity index is 1.63. The Labute approximate surface area is 208 Å². The van der Waals surface area contributed by atoms with Crippen molar-refractivity contribution in [2.24, 2.45) is 7.05 Å². The van der Waals surface area contributed by atoms with Crippen molar-refractivity contribution in [3.8, 4) is 22.4 Å². The third-order valence-electron chi connectivity index (χ3n) is 8.35.